The van der Waals surface area contributed by atoms with E-state index in [4.69, 9.17) is 32.7 Å². The molecule has 0 aliphatic heterocycles. The largest absolute Gasteiger partial charge is 0.493 e. The maximum Gasteiger partial charge on any atom is 0.415 e. The van der Waals surface area contributed by atoms with Crippen molar-refractivity contribution >= 4 is 29.3 Å². The van der Waals surface area contributed by atoms with Crippen molar-refractivity contribution in [3.05, 3.63) is 22.2 Å². The molecule has 6 heteroatoms. The fourth-order valence-electron chi connectivity index (χ4n) is 1.39. The Morgan fingerprint density at radius 2 is 1.67 bits per heavy atom. The number of methoxy groups -OCH3 is 1. The average Bonchev–Trinajstić information content (AvgIpc) is 2.35. The molecule has 100 valence electrons. The van der Waals surface area contributed by atoms with E-state index in [1.165, 1.54) is 19.2 Å². The molecule has 0 N–H and O–H groups in total. The maximum atomic E-state index is 11.8. The predicted octanol–water partition coefficient (Wildman–Crippen LogP) is 3.84. The molecule has 0 saturated carbocycles. The Morgan fingerprint density at radius 1 is 1.17 bits per heavy atom. The third kappa shape index (κ3) is 3.43. The fourth-order valence-corrected chi connectivity index (χ4v) is 1.70. The van der Waals surface area contributed by atoms with Crippen LogP contribution in [0, 0.1) is 0 Å². The smallest absolute Gasteiger partial charge is 0.415 e. The predicted molar refractivity (Wildman–Crippen MR) is 72.0 cm³/mol. The van der Waals surface area contributed by atoms with Gasteiger partial charge in [0.1, 0.15) is 0 Å². The summed E-state index contributed by atoms with van der Waals surface area (Å²) in [6, 6.07) is 2.97. The Hall–Kier alpha value is -1.13. The standard InChI is InChI=1S/C12H15Cl2NO3/c1-4-15(5-2)12(16)18-11-7-9(14)8(13)6-10(11)17-3/h6-7H,4-5H2,1-3H3. The molecule has 0 saturated heterocycles. The minimum absolute atomic E-state index is 0.254. The molecule has 0 aromatic heterocycles. The topological polar surface area (TPSA) is 38.8 Å². The van der Waals surface area contributed by atoms with Crippen molar-refractivity contribution < 1.29 is 14.3 Å². The second kappa shape index (κ2) is 6.71. The van der Waals surface area contributed by atoms with Crippen LogP contribution in [-0.4, -0.2) is 31.2 Å². The van der Waals surface area contributed by atoms with Crippen LogP contribution in [0.25, 0.3) is 0 Å². The van der Waals surface area contributed by atoms with E-state index in [9.17, 15) is 4.79 Å². The van der Waals surface area contributed by atoms with E-state index in [2.05, 4.69) is 0 Å². The number of rotatable bonds is 4. The fraction of sp³-hybridized carbons (Fsp3) is 0.417. The molecule has 1 rings (SSSR count). The van der Waals surface area contributed by atoms with Crippen LogP contribution in [0.4, 0.5) is 4.79 Å². The molecule has 0 aliphatic carbocycles. The number of carbonyl (C=O) groups is 1. The number of nitrogens with zero attached hydrogens (tertiary/aromatic N) is 1. The number of amides is 1. The van der Waals surface area contributed by atoms with Gasteiger partial charge >= 0.3 is 6.09 Å². The van der Waals surface area contributed by atoms with Gasteiger partial charge in [0.25, 0.3) is 0 Å². The van der Waals surface area contributed by atoms with Crippen LogP contribution in [0.5, 0.6) is 11.5 Å². The minimum atomic E-state index is -0.448. The van der Waals surface area contributed by atoms with Crippen molar-refractivity contribution in [2.45, 2.75) is 13.8 Å². The van der Waals surface area contributed by atoms with Gasteiger partial charge in [-0.3, -0.25) is 0 Å². The van der Waals surface area contributed by atoms with Gasteiger partial charge in [-0.15, -0.1) is 0 Å². The Labute approximate surface area is 116 Å². The minimum Gasteiger partial charge on any atom is -0.493 e. The first-order valence-corrected chi connectivity index (χ1v) is 6.28. The van der Waals surface area contributed by atoms with E-state index in [0.29, 0.717) is 28.9 Å². The van der Waals surface area contributed by atoms with Crippen molar-refractivity contribution in [3.63, 3.8) is 0 Å². The summed E-state index contributed by atoms with van der Waals surface area (Å²) in [6.45, 7) is 4.88. The molecule has 1 amide bonds. The van der Waals surface area contributed by atoms with Crippen LogP contribution in [0.15, 0.2) is 12.1 Å². The first kappa shape index (κ1) is 14.9. The second-order valence-corrected chi connectivity index (χ2v) is 4.27. The summed E-state index contributed by atoms with van der Waals surface area (Å²) in [6.07, 6.45) is -0.448. The Morgan fingerprint density at radius 3 is 2.11 bits per heavy atom. The van der Waals surface area contributed by atoms with Crippen LogP contribution in [0.1, 0.15) is 13.8 Å². The van der Waals surface area contributed by atoms with Crippen LogP contribution in [-0.2, 0) is 0 Å². The molecule has 1 aromatic carbocycles. The summed E-state index contributed by atoms with van der Waals surface area (Å²) < 4.78 is 10.3. The first-order chi connectivity index (χ1) is 8.53. The highest BCUT2D eigenvalue weighted by molar-refractivity contribution is 6.42. The van der Waals surface area contributed by atoms with Crippen LogP contribution in [0.3, 0.4) is 0 Å². The molecule has 1 aromatic rings. The Kier molecular flexibility index (Phi) is 5.56. The van der Waals surface area contributed by atoms with E-state index in [1.54, 1.807) is 4.90 Å². The van der Waals surface area contributed by atoms with Crippen molar-refractivity contribution in [2.24, 2.45) is 0 Å². The second-order valence-electron chi connectivity index (χ2n) is 3.46. The van der Waals surface area contributed by atoms with Gasteiger partial charge in [-0.05, 0) is 13.8 Å². The molecule has 0 fully saturated rings. The molecule has 0 radical (unpaired) electrons. The lowest BCUT2D eigenvalue weighted by atomic mass is 10.3. The van der Waals surface area contributed by atoms with E-state index >= 15 is 0 Å². The normalized spacial score (nSPS) is 10.1. The van der Waals surface area contributed by atoms with Gasteiger partial charge in [0.15, 0.2) is 11.5 Å². The number of benzene rings is 1. The number of halogens is 2. The molecule has 0 heterocycles. The molecule has 0 unspecified atom stereocenters. The van der Waals surface area contributed by atoms with Crippen LogP contribution >= 0.6 is 23.2 Å². The third-order valence-corrected chi connectivity index (χ3v) is 3.15. The molecular formula is C12H15Cl2NO3. The van der Waals surface area contributed by atoms with Crippen molar-refractivity contribution in [3.8, 4) is 11.5 Å². The van der Waals surface area contributed by atoms with Gasteiger partial charge in [-0.1, -0.05) is 23.2 Å². The van der Waals surface area contributed by atoms with E-state index < -0.39 is 6.09 Å². The Balaban J connectivity index is 2.96. The number of hydrogen-bond donors (Lipinski definition) is 0. The zero-order valence-electron chi connectivity index (χ0n) is 10.5. The third-order valence-electron chi connectivity index (χ3n) is 2.43. The van der Waals surface area contributed by atoms with Gasteiger partial charge in [0.05, 0.1) is 17.2 Å². The van der Waals surface area contributed by atoms with Gasteiger partial charge in [0.2, 0.25) is 0 Å². The summed E-state index contributed by atoms with van der Waals surface area (Å²) in [5, 5.41) is 0.649. The van der Waals surface area contributed by atoms with Gasteiger partial charge in [0, 0.05) is 25.2 Å². The molecule has 0 spiro atoms. The molecule has 0 aliphatic rings. The van der Waals surface area contributed by atoms with E-state index in [0.717, 1.165) is 0 Å². The van der Waals surface area contributed by atoms with Crippen molar-refractivity contribution in [1.82, 2.24) is 4.90 Å². The number of ether oxygens (including phenoxy) is 2. The van der Waals surface area contributed by atoms with Crippen molar-refractivity contribution in [2.75, 3.05) is 20.2 Å². The number of hydrogen-bond acceptors (Lipinski definition) is 3. The highest BCUT2D eigenvalue weighted by atomic mass is 35.5. The summed E-state index contributed by atoms with van der Waals surface area (Å²) in [7, 11) is 1.47. The zero-order valence-corrected chi connectivity index (χ0v) is 12.0. The summed E-state index contributed by atoms with van der Waals surface area (Å²) in [5.41, 5.74) is 0. The van der Waals surface area contributed by atoms with Crippen molar-refractivity contribution in [1.29, 1.82) is 0 Å². The van der Waals surface area contributed by atoms with Gasteiger partial charge in [-0.25, -0.2) is 4.79 Å². The van der Waals surface area contributed by atoms with Crippen LogP contribution in [0.2, 0.25) is 10.0 Å². The summed E-state index contributed by atoms with van der Waals surface area (Å²) in [4.78, 5) is 13.4. The number of carbonyl (C=O) groups excluding carboxylic acids is 1. The maximum absolute atomic E-state index is 11.8. The summed E-state index contributed by atoms with van der Waals surface area (Å²) >= 11 is 11.7. The quantitative estimate of drug-likeness (QED) is 0.846. The molecule has 0 bridgehead atoms. The lowest BCUT2D eigenvalue weighted by Crippen LogP contribution is -2.33. The highest BCUT2D eigenvalue weighted by Gasteiger charge is 2.16. The monoisotopic (exact) mass is 291 g/mol. The van der Waals surface area contributed by atoms with E-state index in [-0.39, 0.29) is 5.75 Å². The molecule has 0 atom stereocenters. The lowest BCUT2D eigenvalue weighted by Gasteiger charge is -2.19. The SMILES string of the molecule is CCN(CC)C(=O)Oc1cc(Cl)c(Cl)cc1OC. The lowest BCUT2D eigenvalue weighted by molar-refractivity contribution is 0.155. The summed E-state index contributed by atoms with van der Waals surface area (Å²) in [5.74, 6) is 0.619. The molecular weight excluding hydrogens is 277 g/mol. The molecule has 4 nitrogen and oxygen atoms in total. The van der Waals surface area contributed by atoms with Gasteiger partial charge < -0.3 is 14.4 Å². The van der Waals surface area contributed by atoms with E-state index in [1.807, 2.05) is 13.8 Å². The highest BCUT2D eigenvalue weighted by Crippen LogP contribution is 2.36. The zero-order chi connectivity index (χ0) is 13.7. The first-order valence-electron chi connectivity index (χ1n) is 5.53. The Bertz CT molecular complexity index is 434. The average molecular weight is 292 g/mol. The molecule has 18 heavy (non-hydrogen) atoms. The van der Waals surface area contributed by atoms with Crippen LogP contribution < -0.4 is 9.47 Å². The van der Waals surface area contributed by atoms with Gasteiger partial charge in [-0.2, -0.15) is 0 Å².